The van der Waals surface area contributed by atoms with Gasteiger partial charge in [0, 0.05) is 0 Å². The van der Waals surface area contributed by atoms with E-state index in [-0.39, 0.29) is 5.91 Å². The van der Waals surface area contributed by atoms with Crippen LogP contribution >= 0.6 is 0 Å². The third-order valence-electron chi connectivity index (χ3n) is 3.04. The Balaban J connectivity index is 2.36. The summed E-state index contributed by atoms with van der Waals surface area (Å²) in [5.41, 5.74) is 5.17. The molecule has 4 nitrogen and oxygen atoms in total. The highest BCUT2D eigenvalue weighted by molar-refractivity contribution is 5.82. The Labute approximate surface area is 97.8 Å². The van der Waals surface area contributed by atoms with Gasteiger partial charge in [-0.15, -0.1) is 0 Å². The van der Waals surface area contributed by atoms with Crippen molar-refractivity contribution in [2.75, 3.05) is 13.1 Å². The van der Waals surface area contributed by atoms with Crippen LogP contribution in [0, 0.1) is 5.92 Å². The minimum absolute atomic E-state index is 0.0190. The molecule has 0 saturated carbocycles. The molecule has 1 rings (SSSR count). The van der Waals surface area contributed by atoms with E-state index in [1.54, 1.807) is 4.90 Å². The predicted octanol–water partition coefficient (Wildman–Crippen LogP) is 0.733. The van der Waals surface area contributed by atoms with Crippen molar-refractivity contribution in [3.05, 3.63) is 0 Å². The average molecular weight is 228 g/mol. The monoisotopic (exact) mass is 228 g/mol. The summed E-state index contributed by atoms with van der Waals surface area (Å²) in [4.78, 5) is 13.5. The molecule has 94 valence electrons. The van der Waals surface area contributed by atoms with E-state index in [0.717, 1.165) is 12.8 Å². The average Bonchev–Trinajstić information content (AvgIpc) is 2.12. The second-order valence-electron chi connectivity index (χ2n) is 5.40. The van der Waals surface area contributed by atoms with E-state index in [0.29, 0.717) is 25.4 Å². The molecular weight excluding hydrogens is 204 g/mol. The first-order valence-corrected chi connectivity index (χ1v) is 6.14. The number of hydrogen-bond acceptors (Lipinski definition) is 3. The largest absolute Gasteiger partial charge is 0.386 e. The smallest absolute Gasteiger partial charge is 0.239 e. The predicted molar refractivity (Wildman–Crippen MR) is 63.9 cm³/mol. The quantitative estimate of drug-likeness (QED) is 0.729. The van der Waals surface area contributed by atoms with Gasteiger partial charge in [-0.2, -0.15) is 0 Å². The molecule has 0 aromatic heterocycles. The summed E-state index contributed by atoms with van der Waals surface area (Å²) >= 11 is 0. The Hall–Kier alpha value is -0.610. The zero-order valence-electron chi connectivity index (χ0n) is 10.6. The van der Waals surface area contributed by atoms with Gasteiger partial charge in [-0.05, 0) is 18.8 Å². The van der Waals surface area contributed by atoms with Crippen molar-refractivity contribution in [3.8, 4) is 0 Å². The Bertz CT molecular complexity index is 247. The van der Waals surface area contributed by atoms with Crippen LogP contribution in [-0.4, -0.2) is 40.6 Å². The van der Waals surface area contributed by atoms with Crippen LogP contribution in [0.4, 0.5) is 0 Å². The zero-order chi connectivity index (χ0) is 12.3. The van der Waals surface area contributed by atoms with Gasteiger partial charge in [0.2, 0.25) is 5.91 Å². The summed E-state index contributed by atoms with van der Waals surface area (Å²) in [5.74, 6) is 0.407. The van der Waals surface area contributed by atoms with E-state index >= 15 is 0 Å². The highest BCUT2D eigenvalue weighted by atomic mass is 16.3. The van der Waals surface area contributed by atoms with Crippen LogP contribution in [0.15, 0.2) is 0 Å². The van der Waals surface area contributed by atoms with Gasteiger partial charge < -0.3 is 15.7 Å². The number of likely N-dealkylation sites (tertiary alicyclic amines) is 1. The molecule has 0 aromatic carbocycles. The number of hydrogen-bond donors (Lipinski definition) is 2. The second kappa shape index (κ2) is 5.15. The summed E-state index contributed by atoms with van der Waals surface area (Å²) in [6.07, 6.45) is 2.41. The lowest BCUT2D eigenvalue weighted by atomic mass is 9.88. The molecule has 1 heterocycles. The first-order chi connectivity index (χ1) is 7.38. The highest BCUT2D eigenvalue weighted by Gasteiger charge is 2.43. The van der Waals surface area contributed by atoms with Gasteiger partial charge in [0.1, 0.15) is 0 Å². The first-order valence-electron chi connectivity index (χ1n) is 6.14. The third kappa shape index (κ3) is 3.19. The van der Waals surface area contributed by atoms with E-state index in [9.17, 15) is 9.90 Å². The van der Waals surface area contributed by atoms with Crippen molar-refractivity contribution in [1.82, 2.24) is 4.90 Å². The molecule has 0 radical (unpaired) electrons. The number of carbonyl (C=O) groups excluding carboxylic acids is 1. The van der Waals surface area contributed by atoms with Crippen molar-refractivity contribution in [1.29, 1.82) is 0 Å². The summed E-state index contributed by atoms with van der Waals surface area (Å²) in [5, 5.41) is 9.96. The Morgan fingerprint density at radius 3 is 2.50 bits per heavy atom. The molecule has 3 N–H and O–H groups in total. The summed E-state index contributed by atoms with van der Waals surface area (Å²) < 4.78 is 0. The molecule has 0 aliphatic carbocycles. The molecule has 1 aliphatic rings. The number of rotatable bonds is 5. The molecule has 0 unspecified atom stereocenters. The molecule has 1 aliphatic heterocycles. The maximum absolute atomic E-state index is 11.8. The SMILES string of the molecule is CCCC1(O)CN(C(=O)[C@H](N)CC(C)C)C1. The Morgan fingerprint density at radius 1 is 1.50 bits per heavy atom. The number of β-amino-alcohol motifs (C(OH)–C–C–N with tert-alkyl or cyclic N) is 1. The fourth-order valence-corrected chi connectivity index (χ4v) is 2.29. The molecule has 0 spiro atoms. The lowest BCUT2D eigenvalue weighted by Gasteiger charge is -2.47. The van der Waals surface area contributed by atoms with Crippen molar-refractivity contribution in [2.45, 2.75) is 51.7 Å². The molecule has 1 saturated heterocycles. The van der Waals surface area contributed by atoms with Crippen LogP contribution in [-0.2, 0) is 4.79 Å². The standard InChI is InChI=1S/C12H24N2O2/c1-4-5-12(16)7-14(8-12)11(15)10(13)6-9(2)3/h9-10,16H,4-8,13H2,1-3H3/t10-/m1/s1. The maximum atomic E-state index is 11.8. The van der Waals surface area contributed by atoms with E-state index in [2.05, 4.69) is 13.8 Å². The lowest BCUT2D eigenvalue weighted by Crippen LogP contribution is -2.65. The van der Waals surface area contributed by atoms with Crippen LogP contribution in [0.2, 0.25) is 0 Å². The normalized spacial score (nSPS) is 20.8. The van der Waals surface area contributed by atoms with Crippen molar-refractivity contribution >= 4 is 5.91 Å². The van der Waals surface area contributed by atoms with Crippen LogP contribution in [0.25, 0.3) is 0 Å². The maximum Gasteiger partial charge on any atom is 0.239 e. The molecule has 1 fully saturated rings. The summed E-state index contributed by atoms with van der Waals surface area (Å²) in [6.45, 7) is 7.04. The highest BCUT2D eigenvalue weighted by Crippen LogP contribution is 2.26. The van der Waals surface area contributed by atoms with Gasteiger partial charge in [0.15, 0.2) is 0 Å². The minimum atomic E-state index is -0.651. The van der Waals surface area contributed by atoms with Crippen molar-refractivity contribution < 1.29 is 9.90 Å². The number of aliphatic hydroxyl groups is 1. The van der Waals surface area contributed by atoms with Gasteiger partial charge in [0.25, 0.3) is 0 Å². The zero-order valence-corrected chi connectivity index (χ0v) is 10.6. The number of carbonyl (C=O) groups is 1. The number of amides is 1. The molecular formula is C12H24N2O2. The Morgan fingerprint density at radius 2 is 2.06 bits per heavy atom. The van der Waals surface area contributed by atoms with E-state index in [1.165, 1.54) is 0 Å². The minimum Gasteiger partial charge on any atom is -0.386 e. The van der Waals surface area contributed by atoms with Crippen LogP contribution in [0.1, 0.15) is 40.0 Å². The van der Waals surface area contributed by atoms with Crippen LogP contribution in [0.3, 0.4) is 0 Å². The van der Waals surface area contributed by atoms with E-state index < -0.39 is 11.6 Å². The van der Waals surface area contributed by atoms with Gasteiger partial charge in [-0.3, -0.25) is 4.79 Å². The van der Waals surface area contributed by atoms with Gasteiger partial charge >= 0.3 is 0 Å². The Kier molecular flexibility index (Phi) is 4.33. The summed E-state index contributed by atoms with van der Waals surface area (Å²) in [6, 6.07) is -0.411. The molecule has 4 heteroatoms. The molecule has 0 bridgehead atoms. The van der Waals surface area contributed by atoms with Crippen LogP contribution < -0.4 is 5.73 Å². The van der Waals surface area contributed by atoms with Crippen molar-refractivity contribution in [3.63, 3.8) is 0 Å². The van der Waals surface area contributed by atoms with Gasteiger partial charge in [0.05, 0.1) is 24.7 Å². The topological polar surface area (TPSA) is 66.6 Å². The molecule has 1 atom stereocenters. The summed E-state index contributed by atoms with van der Waals surface area (Å²) in [7, 11) is 0. The van der Waals surface area contributed by atoms with E-state index in [1.807, 2.05) is 6.92 Å². The first kappa shape index (κ1) is 13.5. The number of nitrogens with zero attached hydrogens (tertiary/aromatic N) is 1. The van der Waals surface area contributed by atoms with Gasteiger partial charge in [-0.1, -0.05) is 27.2 Å². The van der Waals surface area contributed by atoms with Gasteiger partial charge in [-0.25, -0.2) is 0 Å². The van der Waals surface area contributed by atoms with E-state index in [4.69, 9.17) is 5.73 Å². The second-order valence-corrected chi connectivity index (χ2v) is 5.40. The van der Waals surface area contributed by atoms with Crippen LogP contribution in [0.5, 0.6) is 0 Å². The number of nitrogens with two attached hydrogens (primary N) is 1. The fourth-order valence-electron chi connectivity index (χ4n) is 2.29. The third-order valence-corrected chi connectivity index (χ3v) is 3.04. The molecule has 1 amide bonds. The fraction of sp³-hybridized carbons (Fsp3) is 0.917. The molecule has 0 aromatic rings. The lowest BCUT2D eigenvalue weighted by molar-refractivity contribution is -0.158. The van der Waals surface area contributed by atoms with Crippen molar-refractivity contribution in [2.24, 2.45) is 11.7 Å². The molecule has 16 heavy (non-hydrogen) atoms.